The number of hydrogen-bond donors (Lipinski definition) is 1. The number of aromatic hydroxyl groups is 1. The number of alkyl halides is 4. The fourth-order valence-electron chi connectivity index (χ4n) is 2.95. The maximum Gasteiger partial charge on any atom is 0.417 e. The van der Waals surface area contributed by atoms with Crippen LogP contribution in [-0.4, -0.2) is 26.3 Å². The number of aromatic nitrogens is 3. The molecule has 0 aromatic carbocycles. The van der Waals surface area contributed by atoms with E-state index >= 15 is 0 Å². The van der Waals surface area contributed by atoms with Gasteiger partial charge in [-0.1, -0.05) is 0 Å². The summed E-state index contributed by atoms with van der Waals surface area (Å²) in [7, 11) is 0. The molecule has 0 amide bonds. The van der Waals surface area contributed by atoms with E-state index in [4.69, 9.17) is 9.26 Å². The topological polar surface area (TPSA) is 81.3 Å². The molecule has 0 bridgehead atoms. The van der Waals surface area contributed by atoms with Crippen LogP contribution in [0.4, 0.5) is 17.6 Å². The summed E-state index contributed by atoms with van der Waals surface area (Å²) in [6, 6.07) is 6.40. The zero-order valence-electron chi connectivity index (χ0n) is 14.2. The Morgan fingerprint density at radius 2 is 1.89 bits per heavy atom. The van der Waals surface area contributed by atoms with Gasteiger partial charge in [-0.2, -0.15) is 13.2 Å². The van der Waals surface area contributed by atoms with E-state index in [-0.39, 0.29) is 30.3 Å². The van der Waals surface area contributed by atoms with Crippen LogP contribution in [0.3, 0.4) is 0 Å². The molecule has 0 radical (unpaired) electrons. The van der Waals surface area contributed by atoms with Gasteiger partial charge in [0.1, 0.15) is 6.10 Å². The number of hydrogen-bond acceptors (Lipinski definition) is 6. The summed E-state index contributed by atoms with van der Waals surface area (Å²) in [5.41, 5.74) is -2.22. The standard InChI is InChI=1S/C18H13F4N3O3/c19-17(14-3-2-11(9-23-14)18(20,21)22)6-12(7-17)27-16-4-1-10(8-24-16)13-5-15(26)25-28-13/h1-5,8-9,12H,6-7H2,(H,25,26)/t12-,17-. The number of nitrogens with zero attached hydrogens (tertiary/aromatic N) is 3. The second-order valence-corrected chi connectivity index (χ2v) is 6.48. The van der Waals surface area contributed by atoms with Gasteiger partial charge in [0.15, 0.2) is 11.4 Å². The molecule has 10 heteroatoms. The third kappa shape index (κ3) is 3.49. The first-order valence-corrected chi connectivity index (χ1v) is 8.24. The molecule has 0 spiro atoms. The van der Waals surface area contributed by atoms with E-state index in [0.717, 1.165) is 12.1 Å². The molecule has 0 atom stereocenters. The van der Waals surface area contributed by atoms with Crippen LogP contribution < -0.4 is 4.74 Å². The van der Waals surface area contributed by atoms with Crippen molar-refractivity contribution in [2.75, 3.05) is 0 Å². The minimum absolute atomic E-state index is 0.0369. The molecule has 6 nitrogen and oxygen atoms in total. The van der Waals surface area contributed by atoms with Gasteiger partial charge in [0, 0.05) is 42.9 Å². The van der Waals surface area contributed by atoms with Crippen molar-refractivity contribution in [3.63, 3.8) is 0 Å². The SMILES string of the molecule is Oc1cc(-c2ccc(O[C@H]3C[C@@](F)(c4ccc(C(F)(F)F)cn4)C3)nc2)on1. The van der Waals surface area contributed by atoms with Gasteiger partial charge in [0.2, 0.25) is 5.88 Å². The average molecular weight is 395 g/mol. The van der Waals surface area contributed by atoms with Crippen molar-refractivity contribution in [2.45, 2.75) is 30.8 Å². The highest BCUT2D eigenvalue weighted by atomic mass is 19.4. The first-order chi connectivity index (χ1) is 13.2. The molecular formula is C18H13F4N3O3. The third-order valence-corrected chi connectivity index (χ3v) is 4.46. The van der Waals surface area contributed by atoms with Crippen molar-refractivity contribution in [3.8, 4) is 23.1 Å². The average Bonchev–Trinajstić information content (AvgIpc) is 3.07. The van der Waals surface area contributed by atoms with E-state index in [9.17, 15) is 22.7 Å². The maximum absolute atomic E-state index is 14.8. The van der Waals surface area contributed by atoms with Crippen LogP contribution in [0.15, 0.2) is 47.2 Å². The van der Waals surface area contributed by atoms with Crippen LogP contribution in [0.1, 0.15) is 24.1 Å². The Hall–Kier alpha value is -3.17. The van der Waals surface area contributed by atoms with E-state index in [2.05, 4.69) is 15.1 Å². The van der Waals surface area contributed by atoms with Crippen LogP contribution in [0.2, 0.25) is 0 Å². The lowest BCUT2D eigenvalue weighted by molar-refractivity contribution is -0.138. The minimum Gasteiger partial charge on any atom is -0.491 e. The van der Waals surface area contributed by atoms with Gasteiger partial charge in [-0.3, -0.25) is 4.98 Å². The van der Waals surface area contributed by atoms with Gasteiger partial charge in [0.05, 0.1) is 11.3 Å². The lowest BCUT2D eigenvalue weighted by Crippen LogP contribution is -2.45. The van der Waals surface area contributed by atoms with Crippen LogP contribution in [0, 0.1) is 0 Å². The Balaban J connectivity index is 1.37. The quantitative estimate of drug-likeness (QED) is 0.665. The zero-order chi connectivity index (χ0) is 19.9. The molecular weight excluding hydrogens is 382 g/mol. The maximum atomic E-state index is 14.8. The van der Waals surface area contributed by atoms with Crippen molar-refractivity contribution in [3.05, 3.63) is 54.0 Å². The van der Waals surface area contributed by atoms with Crippen LogP contribution in [-0.2, 0) is 11.8 Å². The van der Waals surface area contributed by atoms with Crippen LogP contribution >= 0.6 is 0 Å². The summed E-state index contributed by atoms with van der Waals surface area (Å²) >= 11 is 0. The Labute approximate surface area is 155 Å². The highest BCUT2D eigenvalue weighted by molar-refractivity contribution is 5.57. The smallest absolute Gasteiger partial charge is 0.417 e. The molecule has 1 aliphatic rings. The lowest BCUT2D eigenvalue weighted by Gasteiger charge is -2.40. The largest absolute Gasteiger partial charge is 0.491 e. The summed E-state index contributed by atoms with van der Waals surface area (Å²) in [5, 5.41) is 12.5. The minimum atomic E-state index is -4.51. The molecule has 3 heterocycles. The highest BCUT2D eigenvalue weighted by Gasteiger charge is 2.49. The van der Waals surface area contributed by atoms with E-state index in [1.807, 2.05) is 0 Å². The first-order valence-electron chi connectivity index (χ1n) is 8.24. The first kappa shape index (κ1) is 18.2. The predicted molar refractivity (Wildman–Crippen MR) is 87.1 cm³/mol. The van der Waals surface area contributed by atoms with Crippen molar-refractivity contribution < 1.29 is 31.9 Å². The zero-order valence-corrected chi connectivity index (χ0v) is 14.2. The highest BCUT2D eigenvalue weighted by Crippen LogP contribution is 2.46. The van der Waals surface area contributed by atoms with Gasteiger partial charge >= 0.3 is 6.18 Å². The molecule has 1 saturated carbocycles. The van der Waals surface area contributed by atoms with E-state index in [1.165, 1.54) is 12.3 Å². The Morgan fingerprint density at radius 1 is 1.11 bits per heavy atom. The molecule has 0 saturated heterocycles. The second kappa shape index (κ2) is 6.47. The van der Waals surface area contributed by atoms with Crippen LogP contribution in [0.25, 0.3) is 11.3 Å². The van der Waals surface area contributed by atoms with Gasteiger partial charge in [0.25, 0.3) is 5.88 Å². The van der Waals surface area contributed by atoms with E-state index in [0.29, 0.717) is 17.5 Å². The Kier molecular flexibility index (Phi) is 4.20. The van der Waals surface area contributed by atoms with E-state index in [1.54, 1.807) is 12.1 Å². The molecule has 1 fully saturated rings. The summed E-state index contributed by atoms with van der Waals surface area (Å²) in [4.78, 5) is 7.72. The van der Waals surface area contributed by atoms with Gasteiger partial charge < -0.3 is 14.4 Å². The van der Waals surface area contributed by atoms with Gasteiger partial charge in [-0.05, 0) is 23.4 Å². The molecule has 0 aliphatic heterocycles. The fraction of sp³-hybridized carbons (Fsp3) is 0.278. The number of pyridine rings is 2. The van der Waals surface area contributed by atoms with Crippen LogP contribution in [0.5, 0.6) is 11.8 Å². The number of ether oxygens (including phenoxy) is 1. The number of halogens is 4. The third-order valence-electron chi connectivity index (χ3n) is 4.46. The second-order valence-electron chi connectivity index (χ2n) is 6.48. The molecule has 1 aliphatic carbocycles. The Bertz CT molecular complexity index is 965. The lowest BCUT2D eigenvalue weighted by atomic mass is 9.76. The molecule has 28 heavy (non-hydrogen) atoms. The van der Waals surface area contributed by atoms with Gasteiger partial charge in [-0.15, -0.1) is 0 Å². The monoisotopic (exact) mass is 395 g/mol. The number of rotatable bonds is 4. The van der Waals surface area contributed by atoms with Crippen molar-refractivity contribution >= 4 is 0 Å². The molecule has 1 N–H and O–H groups in total. The predicted octanol–water partition coefficient (Wildman–Crippen LogP) is 4.26. The van der Waals surface area contributed by atoms with E-state index < -0.39 is 23.5 Å². The van der Waals surface area contributed by atoms with Gasteiger partial charge in [-0.25, -0.2) is 9.37 Å². The molecule has 146 valence electrons. The Morgan fingerprint density at radius 3 is 2.43 bits per heavy atom. The summed E-state index contributed by atoms with van der Waals surface area (Å²) in [6.45, 7) is 0. The summed E-state index contributed by atoms with van der Waals surface area (Å²) < 4.78 is 63.0. The summed E-state index contributed by atoms with van der Waals surface area (Å²) in [5.74, 6) is 0.345. The molecule has 3 aromatic heterocycles. The van der Waals surface area contributed by atoms with Crippen molar-refractivity contribution in [2.24, 2.45) is 0 Å². The normalized spacial score (nSPS) is 21.9. The fourth-order valence-corrected chi connectivity index (χ4v) is 2.95. The van der Waals surface area contributed by atoms with Crippen molar-refractivity contribution in [1.82, 2.24) is 15.1 Å². The summed E-state index contributed by atoms with van der Waals surface area (Å²) in [6.07, 6.45) is -2.97. The van der Waals surface area contributed by atoms with Crippen molar-refractivity contribution in [1.29, 1.82) is 0 Å². The molecule has 4 rings (SSSR count). The molecule has 3 aromatic rings. The molecule has 0 unspecified atom stereocenters.